The molecule has 2 aromatic heterocycles. The van der Waals surface area contributed by atoms with Crippen LogP contribution in [0.1, 0.15) is 45.2 Å². The van der Waals surface area contributed by atoms with E-state index in [0.29, 0.717) is 17.2 Å². The fourth-order valence-corrected chi connectivity index (χ4v) is 6.39. The second-order valence-electron chi connectivity index (χ2n) is 11.0. The Morgan fingerprint density at radius 3 is 2.47 bits per heavy atom. The summed E-state index contributed by atoms with van der Waals surface area (Å²) in [5, 5.41) is 28.3. The molecule has 6 rings (SSSR count). The number of likely N-dealkylation sites (N-methyl/N-ethyl adjacent to an activating group) is 1. The summed E-state index contributed by atoms with van der Waals surface area (Å²) < 4.78 is 1.75. The van der Waals surface area contributed by atoms with E-state index in [1.165, 1.54) is 18.4 Å². The van der Waals surface area contributed by atoms with Crippen LogP contribution in [-0.4, -0.2) is 49.8 Å². The summed E-state index contributed by atoms with van der Waals surface area (Å²) in [4.78, 5) is 2.22. The zero-order valence-electron chi connectivity index (χ0n) is 20.3. The minimum absolute atomic E-state index is 0.195. The van der Waals surface area contributed by atoms with Gasteiger partial charge in [0.2, 0.25) is 0 Å². The number of piperidine rings is 1. The number of allylic oxidation sites excluding steroid dienone is 1. The number of hydrogen-bond donors (Lipinski definition) is 2. The van der Waals surface area contributed by atoms with Crippen LogP contribution >= 0.6 is 0 Å². The van der Waals surface area contributed by atoms with Crippen LogP contribution in [0.2, 0.25) is 0 Å². The Kier molecular flexibility index (Phi) is 4.65. The summed E-state index contributed by atoms with van der Waals surface area (Å²) in [6, 6.07) is 7.76. The summed E-state index contributed by atoms with van der Waals surface area (Å²) in [6.45, 7) is 5.60. The zero-order valence-corrected chi connectivity index (χ0v) is 20.3. The van der Waals surface area contributed by atoms with Gasteiger partial charge in [-0.25, -0.2) is 0 Å². The fraction of sp³-hybridized carbons (Fsp3) is 0.444. The highest BCUT2D eigenvalue weighted by Crippen LogP contribution is 2.50. The van der Waals surface area contributed by atoms with Crippen molar-refractivity contribution in [3.8, 4) is 28.1 Å². The molecule has 1 unspecified atom stereocenters. The Morgan fingerprint density at radius 1 is 1.03 bits per heavy atom. The van der Waals surface area contributed by atoms with Crippen LogP contribution in [0.5, 0.6) is 5.75 Å². The first-order valence-corrected chi connectivity index (χ1v) is 12.1. The maximum absolute atomic E-state index is 10.8. The molecule has 3 aromatic rings. The molecular weight excluding hydrogens is 424 g/mol. The van der Waals surface area contributed by atoms with E-state index >= 15 is 0 Å². The molecule has 34 heavy (non-hydrogen) atoms. The van der Waals surface area contributed by atoms with E-state index in [1.54, 1.807) is 16.9 Å². The largest absolute Gasteiger partial charge is 0.507 e. The van der Waals surface area contributed by atoms with E-state index < -0.39 is 0 Å². The van der Waals surface area contributed by atoms with Crippen LogP contribution in [0, 0.1) is 5.92 Å². The van der Waals surface area contributed by atoms with E-state index in [2.05, 4.69) is 53.5 Å². The van der Waals surface area contributed by atoms with Crippen LogP contribution < -0.4 is 10.2 Å². The molecular formula is C27H32N6O. The molecule has 1 aromatic carbocycles. The standard InChI is InChI=1S/C27H32N6O/c1-26-8-9-27(2,31-26)14-18(13-26)20-7-10-32(3)23-12-22(29-30-25(20)23)21-6-5-17(11-24(21)34)19-15-28-33(4)16-19/h5-7,11-12,15-16,18,31,34H,8-10,13-14H2,1-4H3/t18?,26-,27+. The fourth-order valence-electron chi connectivity index (χ4n) is 6.39. The smallest absolute Gasteiger partial charge is 0.125 e. The number of aromatic nitrogens is 4. The third-order valence-electron chi connectivity index (χ3n) is 8.02. The molecule has 0 saturated carbocycles. The molecule has 2 N–H and O–H groups in total. The highest BCUT2D eigenvalue weighted by molar-refractivity contribution is 5.82. The number of aromatic hydroxyl groups is 1. The number of hydrogen-bond acceptors (Lipinski definition) is 6. The molecule has 0 spiro atoms. The van der Waals surface area contributed by atoms with Gasteiger partial charge in [0, 0.05) is 49.0 Å². The van der Waals surface area contributed by atoms with Gasteiger partial charge in [-0.1, -0.05) is 12.1 Å². The number of fused-ring (bicyclic) bond motifs is 3. The van der Waals surface area contributed by atoms with Gasteiger partial charge >= 0.3 is 0 Å². The van der Waals surface area contributed by atoms with Crippen molar-refractivity contribution in [2.75, 3.05) is 18.5 Å². The zero-order chi connectivity index (χ0) is 23.7. The van der Waals surface area contributed by atoms with Crippen molar-refractivity contribution in [1.29, 1.82) is 0 Å². The van der Waals surface area contributed by atoms with E-state index in [1.807, 2.05) is 25.4 Å². The normalized spacial score (nSPS) is 28.1. The summed E-state index contributed by atoms with van der Waals surface area (Å²) in [7, 11) is 3.98. The molecule has 2 bridgehead atoms. The number of nitrogens with zero attached hydrogens (tertiary/aromatic N) is 5. The first kappa shape index (κ1) is 21.4. The second-order valence-corrected chi connectivity index (χ2v) is 11.0. The Balaban J connectivity index is 1.34. The van der Waals surface area contributed by atoms with Gasteiger partial charge in [-0.15, -0.1) is 10.2 Å². The van der Waals surface area contributed by atoms with Gasteiger partial charge in [0.05, 0.1) is 17.6 Å². The lowest BCUT2D eigenvalue weighted by atomic mass is 9.75. The van der Waals surface area contributed by atoms with Gasteiger partial charge in [0.15, 0.2) is 0 Å². The highest BCUT2D eigenvalue weighted by atomic mass is 16.3. The Labute approximate surface area is 200 Å². The molecule has 3 aliphatic heterocycles. The average Bonchev–Trinajstić information content (AvgIpc) is 3.33. The van der Waals surface area contributed by atoms with Crippen LogP contribution in [0.15, 0.2) is 42.7 Å². The minimum atomic E-state index is 0.195. The minimum Gasteiger partial charge on any atom is -0.507 e. The van der Waals surface area contributed by atoms with E-state index in [9.17, 15) is 5.11 Å². The first-order valence-electron chi connectivity index (χ1n) is 12.1. The van der Waals surface area contributed by atoms with Crippen molar-refractivity contribution in [3.05, 3.63) is 48.4 Å². The lowest BCUT2D eigenvalue weighted by Crippen LogP contribution is -2.53. The quantitative estimate of drug-likeness (QED) is 0.608. The molecule has 0 aliphatic carbocycles. The van der Waals surface area contributed by atoms with E-state index in [-0.39, 0.29) is 16.8 Å². The first-order chi connectivity index (χ1) is 16.2. The highest BCUT2D eigenvalue weighted by Gasteiger charge is 2.49. The maximum atomic E-state index is 10.8. The van der Waals surface area contributed by atoms with Crippen LogP contribution in [0.4, 0.5) is 5.69 Å². The molecule has 2 fully saturated rings. The topological polar surface area (TPSA) is 79.1 Å². The molecule has 7 nitrogen and oxygen atoms in total. The molecule has 2 saturated heterocycles. The van der Waals surface area contributed by atoms with Gasteiger partial charge in [0.1, 0.15) is 11.4 Å². The third-order valence-corrected chi connectivity index (χ3v) is 8.02. The molecule has 0 radical (unpaired) electrons. The monoisotopic (exact) mass is 456 g/mol. The van der Waals surface area contributed by atoms with Gasteiger partial charge in [0.25, 0.3) is 0 Å². The number of aryl methyl sites for hydroxylation is 1. The van der Waals surface area contributed by atoms with Crippen molar-refractivity contribution in [2.45, 2.75) is 50.6 Å². The van der Waals surface area contributed by atoms with Crippen molar-refractivity contribution >= 4 is 11.3 Å². The maximum Gasteiger partial charge on any atom is 0.125 e. The Bertz CT molecular complexity index is 1290. The van der Waals surface area contributed by atoms with Gasteiger partial charge < -0.3 is 15.3 Å². The number of rotatable bonds is 3. The lowest BCUT2D eigenvalue weighted by molar-refractivity contribution is 0.201. The van der Waals surface area contributed by atoms with Crippen molar-refractivity contribution < 1.29 is 5.11 Å². The van der Waals surface area contributed by atoms with Crippen LogP contribution in [-0.2, 0) is 7.05 Å². The number of phenols is 1. The summed E-state index contributed by atoms with van der Waals surface area (Å²) >= 11 is 0. The third kappa shape index (κ3) is 3.50. The average molecular weight is 457 g/mol. The molecule has 3 aliphatic rings. The molecule has 0 amide bonds. The van der Waals surface area contributed by atoms with Crippen LogP contribution in [0.3, 0.4) is 0 Å². The predicted molar refractivity (Wildman–Crippen MR) is 134 cm³/mol. The molecule has 7 heteroatoms. The Morgan fingerprint density at radius 2 is 1.79 bits per heavy atom. The molecule has 176 valence electrons. The van der Waals surface area contributed by atoms with E-state index in [4.69, 9.17) is 5.10 Å². The van der Waals surface area contributed by atoms with Gasteiger partial charge in [-0.2, -0.15) is 5.10 Å². The second kappa shape index (κ2) is 7.40. The van der Waals surface area contributed by atoms with Crippen molar-refractivity contribution in [1.82, 2.24) is 25.3 Å². The van der Waals surface area contributed by atoms with Crippen LogP contribution in [0.25, 0.3) is 28.0 Å². The molecule has 5 heterocycles. The Hall–Kier alpha value is -3.19. The summed E-state index contributed by atoms with van der Waals surface area (Å²) in [6.07, 6.45) is 10.8. The van der Waals surface area contributed by atoms with Crippen molar-refractivity contribution in [2.24, 2.45) is 13.0 Å². The van der Waals surface area contributed by atoms with Gasteiger partial charge in [-0.05, 0) is 74.8 Å². The number of phenolic OH excluding ortho intramolecular Hbond substituents is 1. The van der Waals surface area contributed by atoms with Gasteiger partial charge in [-0.3, -0.25) is 4.68 Å². The SMILES string of the molecule is CN1CC=C(C2C[C@]3(C)CC[C@](C)(C2)N3)c2nnc(-c3ccc(-c4cnn(C)c4)cc3O)cc21. The summed E-state index contributed by atoms with van der Waals surface area (Å²) in [5.41, 5.74) is 7.08. The van der Waals surface area contributed by atoms with Crippen molar-refractivity contribution in [3.63, 3.8) is 0 Å². The number of anilines is 1. The lowest BCUT2D eigenvalue weighted by Gasteiger charge is -2.43. The number of nitrogens with one attached hydrogen (secondary N) is 1. The molecule has 3 atom stereocenters. The predicted octanol–water partition coefficient (Wildman–Crippen LogP) is 4.39. The summed E-state index contributed by atoms with van der Waals surface area (Å²) in [5.74, 6) is 0.680. The van der Waals surface area contributed by atoms with E-state index in [0.717, 1.165) is 41.9 Å². The number of benzene rings is 1.